The van der Waals surface area contributed by atoms with Gasteiger partial charge in [-0.05, 0) is 45.4 Å². The third-order valence-corrected chi connectivity index (χ3v) is 6.53. The molecule has 0 unspecified atom stereocenters. The number of aryl methyl sites for hydroxylation is 1. The molecule has 0 bridgehead atoms. The first-order valence-corrected chi connectivity index (χ1v) is 9.73. The van der Waals surface area contributed by atoms with E-state index >= 15 is 0 Å². The summed E-state index contributed by atoms with van der Waals surface area (Å²) in [7, 11) is -3.06. The predicted molar refractivity (Wildman–Crippen MR) is 90.9 cm³/mol. The lowest BCUT2D eigenvalue weighted by Crippen LogP contribution is -2.47. The molecule has 24 heavy (non-hydrogen) atoms. The highest BCUT2D eigenvalue weighted by atomic mass is 32.2. The number of hydrogen-bond acceptors (Lipinski definition) is 4. The number of amides is 1. The van der Waals surface area contributed by atoms with Crippen LogP contribution in [0.4, 0.5) is 0 Å². The Labute approximate surface area is 141 Å². The average Bonchev–Trinajstić information content (AvgIpc) is 3.15. The van der Waals surface area contributed by atoms with Gasteiger partial charge in [0.25, 0.3) is 5.91 Å². The van der Waals surface area contributed by atoms with Crippen LogP contribution in [0.25, 0.3) is 0 Å². The second-order valence-electron chi connectivity index (χ2n) is 6.81. The molecule has 0 spiro atoms. The normalized spacial score (nSPS) is 22.6. The number of carbonyl (C=O) groups excluding carboxylic acids is 1. The minimum absolute atomic E-state index is 0.00310. The molecule has 3 heterocycles. The minimum Gasteiger partial charge on any atom is -0.467 e. The van der Waals surface area contributed by atoms with Gasteiger partial charge in [0.2, 0.25) is 0 Å². The van der Waals surface area contributed by atoms with Crippen molar-refractivity contribution < 1.29 is 17.6 Å². The highest BCUT2D eigenvalue weighted by Crippen LogP contribution is 2.24. The summed E-state index contributed by atoms with van der Waals surface area (Å²) in [4.78, 5) is 12.7. The fourth-order valence-electron chi connectivity index (χ4n) is 3.28. The van der Waals surface area contributed by atoms with E-state index in [9.17, 15) is 13.2 Å². The molecule has 0 aromatic carbocycles. The van der Waals surface area contributed by atoms with Crippen molar-refractivity contribution in [1.82, 2.24) is 9.88 Å². The van der Waals surface area contributed by atoms with Crippen LogP contribution in [0.15, 0.2) is 28.9 Å². The van der Waals surface area contributed by atoms with Crippen LogP contribution < -0.4 is 5.32 Å². The van der Waals surface area contributed by atoms with Gasteiger partial charge in [0.15, 0.2) is 9.84 Å². The summed E-state index contributed by atoms with van der Waals surface area (Å²) >= 11 is 0. The number of aromatic nitrogens is 1. The number of hydrogen-bond donors (Lipinski definition) is 1. The van der Waals surface area contributed by atoms with E-state index in [1.807, 2.05) is 36.6 Å². The fraction of sp³-hybridized carbons (Fsp3) is 0.471. The lowest BCUT2D eigenvalue weighted by atomic mass is 10.0. The molecule has 2 aromatic rings. The predicted octanol–water partition coefficient (Wildman–Crippen LogP) is 2.05. The van der Waals surface area contributed by atoms with Gasteiger partial charge < -0.3 is 14.3 Å². The largest absolute Gasteiger partial charge is 0.467 e. The summed E-state index contributed by atoms with van der Waals surface area (Å²) in [5, 5.41) is 2.91. The van der Waals surface area contributed by atoms with Gasteiger partial charge in [-0.3, -0.25) is 4.79 Å². The number of nitrogens with one attached hydrogen (secondary N) is 1. The average molecular weight is 350 g/mol. The molecule has 2 aromatic heterocycles. The van der Waals surface area contributed by atoms with Crippen molar-refractivity contribution in [3.63, 3.8) is 0 Å². The maximum Gasteiger partial charge on any atom is 0.253 e. The van der Waals surface area contributed by atoms with Crippen molar-refractivity contribution in [2.75, 3.05) is 11.5 Å². The second-order valence-corrected chi connectivity index (χ2v) is 8.99. The first kappa shape index (κ1) is 16.8. The van der Waals surface area contributed by atoms with E-state index in [1.165, 1.54) is 0 Å². The number of rotatable bonds is 4. The lowest BCUT2D eigenvalue weighted by molar-refractivity contribution is 0.0914. The van der Waals surface area contributed by atoms with Crippen molar-refractivity contribution in [2.24, 2.45) is 0 Å². The highest BCUT2D eigenvalue weighted by molar-refractivity contribution is 7.91. The fourth-order valence-corrected chi connectivity index (χ4v) is 5.38. The van der Waals surface area contributed by atoms with E-state index in [0.717, 1.165) is 17.1 Å². The van der Waals surface area contributed by atoms with Gasteiger partial charge in [-0.25, -0.2) is 8.42 Å². The molecular formula is C17H22N2O4S. The van der Waals surface area contributed by atoms with E-state index in [4.69, 9.17) is 4.42 Å². The lowest BCUT2D eigenvalue weighted by Gasteiger charge is -2.23. The Hall–Kier alpha value is -2.02. The molecule has 1 N–H and O–H groups in total. The number of furan rings is 1. The first-order chi connectivity index (χ1) is 11.2. The van der Waals surface area contributed by atoms with Crippen molar-refractivity contribution in [3.05, 3.63) is 47.2 Å². The molecule has 1 aliphatic rings. The van der Waals surface area contributed by atoms with Crippen LogP contribution in [0.1, 0.15) is 40.9 Å². The third kappa shape index (κ3) is 3.26. The molecule has 1 fully saturated rings. The van der Waals surface area contributed by atoms with Crippen LogP contribution in [0.2, 0.25) is 0 Å². The highest BCUT2D eigenvalue weighted by Gasteiger charge is 2.39. The summed E-state index contributed by atoms with van der Waals surface area (Å²) in [5.74, 6) is 0.712. The molecule has 1 atom stereocenters. The minimum atomic E-state index is -3.06. The van der Waals surface area contributed by atoms with Gasteiger partial charge in [0.05, 0.1) is 35.4 Å². The van der Waals surface area contributed by atoms with Gasteiger partial charge in [0, 0.05) is 11.4 Å². The molecule has 0 aliphatic carbocycles. The third-order valence-electron chi connectivity index (χ3n) is 4.63. The van der Waals surface area contributed by atoms with Crippen LogP contribution in [-0.4, -0.2) is 35.9 Å². The smallest absolute Gasteiger partial charge is 0.253 e. The molecule has 1 aliphatic heterocycles. The van der Waals surface area contributed by atoms with Crippen LogP contribution >= 0.6 is 0 Å². The molecule has 1 amide bonds. The molecule has 1 saturated heterocycles. The Kier molecular flexibility index (Phi) is 4.07. The second kappa shape index (κ2) is 5.81. The van der Waals surface area contributed by atoms with Gasteiger partial charge in [0.1, 0.15) is 5.76 Å². The number of nitrogens with zero attached hydrogens (tertiary/aromatic N) is 1. The van der Waals surface area contributed by atoms with Crippen LogP contribution in [0.5, 0.6) is 0 Å². The monoisotopic (exact) mass is 350 g/mol. The zero-order valence-corrected chi connectivity index (χ0v) is 14.9. The summed E-state index contributed by atoms with van der Waals surface area (Å²) in [6.07, 6.45) is 2.07. The van der Waals surface area contributed by atoms with Crippen molar-refractivity contribution in [1.29, 1.82) is 0 Å². The molecular weight excluding hydrogens is 328 g/mol. The summed E-state index contributed by atoms with van der Waals surface area (Å²) in [6.45, 7) is 6.17. The molecule has 6 nitrogen and oxygen atoms in total. The Morgan fingerprint density at radius 1 is 1.42 bits per heavy atom. The number of carbonyl (C=O) groups is 1. The summed E-state index contributed by atoms with van der Waals surface area (Å²) < 4.78 is 30.8. The van der Waals surface area contributed by atoms with Crippen molar-refractivity contribution >= 4 is 15.7 Å². The van der Waals surface area contributed by atoms with Gasteiger partial charge >= 0.3 is 0 Å². The Morgan fingerprint density at radius 2 is 2.17 bits per heavy atom. The topological polar surface area (TPSA) is 81.3 Å². The Bertz CT molecular complexity index is 865. The molecule has 3 rings (SSSR count). The quantitative estimate of drug-likeness (QED) is 0.915. The Balaban J connectivity index is 1.81. The zero-order valence-electron chi connectivity index (χ0n) is 14.1. The van der Waals surface area contributed by atoms with Gasteiger partial charge in [-0.1, -0.05) is 0 Å². The molecule has 7 heteroatoms. The van der Waals surface area contributed by atoms with E-state index < -0.39 is 15.4 Å². The van der Waals surface area contributed by atoms with Crippen LogP contribution in [0.3, 0.4) is 0 Å². The molecule has 0 radical (unpaired) electrons. The maximum absolute atomic E-state index is 12.7. The first-order valence-electron chi connectivity index (χ1n) is 7.91. The van der Waals surface area contributed by atoms with Crippen molar-refractivity contribution in [3.8, 4) is 0 Å². The van der Waals surface area contributed by atoms with Crippen LogP contribution in [0, 0.1) is 13.8 Å². The van der Waals surface area contributed by atoms with E-state index in [-0.39, 0.29) is 17.4 Å². The zero-order chi connectivity index (χ0) is 17.5. The van der Waals surface area contributed by atoms with E-state index in [2.05, 4.69) is 5.32 Å². The molecule has 130 valence electrons. The van der Waals surface area contributed by atoms with Crippen molar-refractivity contribution in [2.45, 2.75) is 39.3 Å². The van der Waals surface area contributed by atoms with Gasteiger partial charge in [-0.15, -0.1) is 0 Å². The van der Waals surface area contributed by atoms with Crippen LogP contribution in [-0.2, 0) is 16.4 Å². The van der Waals surface area contributed by atoms with Gasteiger partial charge in [-0.2, -0.15) is 0 Å². The summed E-state index contributed by atoms with van der Waals surface area (Å²) in [6, 6.07) is 5.56. The standard InChI is InChI=1S/C17H22N2O4S/c1-12-9-15(13(2)19(12)10-14-5-4-7-23-14)16(20)18-17(3)6-8-24(21,22)11-17/h4-5,7,9H,6,8,10-11H2,1-3H3,(H,18,20)/t17-/m0/s1. The van der Waals surface area contributed by atoms with E-state index in [1.54, 1.807) is 13.2 Å². The molecule has 0 saturated carbocycles. The summed E-state index contributed by atoms with van der Waals surface area (Å²) in [5.41, 5.74) is 1.67. The van der Waals surface area contributed by atoms with E-state index in [0.29, 0.717) is 18.5 Å². The number of sulfone groups is 1. The Morgan fingerprint density at radius 3 is 2.75 bits per heavy atom. The SMILES string of the molecule is Cc1cc(C(=O)N[C@@]2(C)CCS(=O)(=O)C2)c(C)n1Cc1ccco1. The maximum atomic E-state index is 12.7.